The smallest absolute Gasteiger partial charge is 0.221 e. The maximum absolute atomic E-state index is 6.29. The van der Waals surface area contributed by atoms with Crippen LogP contribution in [0.1, 0.15) is 36.8 Å². The summed E-state index contributed by atoms with van der Waals surface area (Å²) in [7, 11) is 0. The van der Waals surface area contributed by atoms with Crippen LogP contribution in [-0.2, 0) is 17.8 Å². The molecule has 162 valence electrons. The Bertz CT molecular complexity index is 887. The molecule has 3 aromatic rings. The van der Waals surface area contributed by atoms with Crippen molar-refractivity contribution in [2.24, 2.45) is 5.41 Å². The zero-order valence-electron chi connectivity index (χ0n) is 18.1. The van der Waals surface area contributed by atoms with Crippen LogP contribution in [0.5, 0.6) is 0 Å². The third kappa shape index (κ3) is 6.05. The lowest BCUT2D eigenvalue weighted by atomic mass is 9.76. The molecule has 1 aliphatic rings. The Labute approximate surface area is 185 Å². The fourth-order valence-electron chi connectivity index (χ4n) is 4.61. The largest absolute Gasteiger partial charge is 0.376 e. The van der Waals surface area contributed by atoms with E-state index in [0.29, 0.717) is 12.6 Å². The van der Waals surface area contributed by atoms with Crippen LogP contribution >= 0.6 is 0 Å². The number of ether oxygens (including phenoxy) is 1. The average Bonchev–Trinajstić information content (AvgIpc) is 2.81. The molecule has 1 aliphatic heterocycles. The van der Waals surface area contributed by atoms with Gasteiger partial charge in [0.05, 0.1) is 13.2 Å². The van der Waals surface area contributed by atoms with Gasteiger partial charge in [0.15, 0.2) is 0 Å². The third-order valence-corrected chi connectivity index (χ3v) is 6.18. The van der Waals surface area contributed by atoms with Gasteiger partial charge in [-0.2, -0.15) is 4.98 Å². The topological polar surface area (TPSA) is 64.3 Å². The summed E-state index contributed by atoms with van der Waals surface area (Å²) in [4.78, 5) is 10.9. The fourth-order valence-corrected chi connectivity index (χ4v) is 4.61. The molecule has 0 radical (unpaired) electrons. The molecular weight excluding hydrogens is 384 g/mol. The Morgan fingerprint density at radius 3 is 2.45 bits per heavy atom. The van der Waals surface area contributed by atoms with Crippen molar-refractivity contribution in [3.8, 4) is 0 Å². The number of nitrogens with zero attached hydrogens (tertiary/aromatic N) is 3. The second kappa shape index (κ2) is 10.4. The lowest BCUT2D eigenvalue weighted by Crippen LogP contribution is -2.46. The molecule has 1 aromatic heterocycles. The summed E-state index contributed by atoms with van der Waals surface area (Å²) >= 11 is 0. The minimum Gasteiger partial charge on any atom is -0.376 e. The Kier molecular flexibility index (Phi) is 7.15. The minimum absolute atomic E-state index is 0.113. The van der Waals surface area contributed by atoms with Crippen molar-refractivity contribution >= 4 is 11.8 Å². The lowest BCUT2D eigenvalue weighted by Gasteiger charge is -2.43. The normalized spacial score (nSPS) is 18.8. The molecule has 4 rings (SSSR count). The number of benzene rings is 2. The van der Waals surface area contributed by atoms with E-state index in [9.17, 15) is 0 Å². The zero-order chi connectivity index (χ0) is 21.4. The minimum atomic E-state index is 0.113. The van der Waals surface area contributed by atoms with E-state index in [4.69, 9.17) is 10.5 Å². The number of anilines is 2. The summed E-state index contributed by atoms with van der Waals surface area (Å²) in [6.07, 6.45) is 7.43. The molecule has 1 atom stereocenters. The van der Waals surface area contributed by atoms with Crippen molar-refractivity contribution in [1.29, 1.82) is 0 Å². The zero-order valence-corrected chi connectivity index (χ0v) is 18.1. The van der Waals surface area contributed by atoms with E-state index in [2.05, 4.69) is 69.5 Å². The molecule has 0 aliphatic carbocycles. The van der Waals surface area contributed by atoms with Crippen LogP contribution < -0.4 is 10.6 Å². The number of hydrogen-bond acceptors (Lipinski definition) is 5. The quantitative estimate of drug-likeness (QED) is 0.538. The Morgan fingerprint density at radius 1 is 0.968 bits per heavy atom. The molecule has 2 N–H and O–H groups in total. The van der Waals surface area contributed by atoms with Gasteiger partial charge in [-0.25, -0.2) is 4.98 Å². The summed E-state index contributed by atoms with van der Waals surface area (Å²) in [6.45, 7) is 3.35. The number of hydrogen-bond donors (Lipinski definition) is 1. The fraction of sp³-hybridized carbons (Fsp3) is 0.385. The van der Waals surface area contributed by atoms with E-state index in [-0.39, 0.29) is 5.41 Å². The first-order valence-electron chi connectivity index (χ1n) is 11.2. The van der Waals surface area contributed by atoms with Crippen LogP contribution in [0.15, 0.2) is 72.9 Å². The van der Waals surface area contributed by atoms with Crippen molar-refractivity contribution in [2.45, 2.75) is 38.7 Å². The Morgan fingerprint density at radius 2 is 1.71 bits per heavy atom. The van der Waals surface area contributed by atoms with Gasteiger partial charge in [-0.3, -0.25) is 0 Å². The summed E-state index contributed by atoms with van der Waals surface area (Å²) in [5.74, 6) is 1.25. The van der Waals surface area contributed by atoms with Gasteiger partial charge in [-0.05, 0) is 49.3 Å². The Balaban J connectivity index is 1.44. The van der Waals surface area contributed by atoms with Gasteiger partial charge in [-0.1, -0.05) is 60.7 Å². The monoisotopic (exact) mass is 416 g/mol. The van der Waals surface area contributed by atoms with Gasteiger partial charge in [0.25, 0.3) is 0 Å². The molecule has 0 bridgehead atoms. The Hall–Kier alpha value is -2.92. The van der Waals surface area contributed by atoms with E-state index in [0.717, 1.165) is 51.2 Å². The van der Waals surface area contributed by atoms with E-state index in [1.165, 1.54) is 17.5 Å². The van der Waals surface area contributed by atoms with Crippen molar-refractivity contribution in [2.75, 3.05) is 30.3 Å². The number of piperidine rings is 1. The second-order valence-electron chi connectivity index (χ2n) is 8.62. The highest BCUT2D eigenvalue weighted by Crippen LogP contribution is 2.37. The number of nitrogens with two attached hydrogens (primary N) is 1. The predicted octanol–water partition coefficient (Wildman–Crippen LogP) is 4.89. The van der Waals surface area contributed by atoms with Gasteiger partial charge in [0.2, 0.25) is 5.95 Å². The first-order chi connectivity index (χ1) is 15.2. The van der Waals surface area contributed by atoms with Gasteiger partial charge >= 0.3 is 0 Å². The number of rotatable bonds is 9. The molecule has 5 heteroatoms. The van der Waals surface area contributed by atoms with Gasteiger partial charge in [0.1, 0.15) is 5.82 Å². The lowest BCUT2D eigenvalue weighted by molar-refractivity contribution is 0.0182. The highest BCUT2D eigenvalue weighted by molar-refractivity contribution is 5.41. The maximum atomic E-state index is 6.29. The van der Waals surface area contributed by atoms with Crippen LogP contribution in [0.4, 0.5) is 11.8 Å². The van der Waals surface area contributed by atoms with Gasteiger partial charge in [-0.15, -0.1) is 0 Å². The van der Waals surface area contributed by atoms with Crippen molar-refractivity contribution in [3.63, 3.8) is 0 Å². The van der Waals surface area contributed by atoms with Crippen LogP contribution in [0.25, 0.3) is 0 Å². The van der Waals surface area contributed by atoms with Crippen molar-refractivity contribution in [3.05, 3.63) is 84.1 Å². The first kappa shape index (κ1) is 21.3. The summed E-state index contributed by atoms with van der Waals surface area (Å²) in [6, 6.07) is 23.1. The van der Waals surface area contributed by atoms with Crippen LogP contribution in [-0.4, -0.2) is 29.7 Å². The number of nitrogen functional groups attached to an aromatic ring is 1. The highest BCUT2D eigenvalue weighted by Gasteiger charge is 2.36. The molecule has 1 unspecified atom stereocenters. The third-order valence-electron chi connectivity index (χ3n) is 6.18. The molecule has 31 heavy (non-hydrogen) atoms. The van der Waals surface area contributed by atoms with Crippen molar-refractivity contribution < 1.29 is 4.74 Å². The second-order valence-corrected chi connectivity index (χ2v) is 8.62. The van der Waals surface area contributed by atoms with E-state index in [1.807, 2.05) is 12.1 Å². The van der Waals surface area contributed by atoms with E-state index < -0.39 is 0 Å². The summed E-state index contributed by atoms with van der Waals surface area (Å²) in [5.41, 5.74) is 8.58. The number of aryl methyl sites for hydroxylation is 1. The molecular formula is C26H32N4O. The molecule has 1 fully saturated rings. The molecule has 2 aromatic carbocycles. The molecule has 1 saturated heterocycles. The molecule has 0 saturated carbocycles. The van der Waals surface area contributed by atoms with Crippen LogP contribution in [0, 0.1) is 5.41 Å². The van der Waals surface area contributed by atoms with E-state index >= 15 is 0 Å². The molecule has 0 amide bonds. The predicted molar refractivity (Wildman–Crippen MR) is 126 cm³/mol. The standard InChI is InChI=1S/C26H32N4O/c27-25-28-17-14-24(29-25)30-18-8-16-26(20-30,15-7-13-22-9-3-1-4-10-22)21-31-19-23-11-5-2-6-12-23/h1-6,9-12,14,17H,7-8,13,15-16,18-21H2,(H2,27,28,29). The molecule has 2 heterocycles. The maximum Gasteiger partial charge on any atom is 0.221 e. The van der Waals surface area contributed by atoms with Gasteiger partial charge in [0, 0.05) is 24.7 Å². The van der Waals surface area contributed by atoms with Crippen LogP contribution in [0.2, 0.25) is 0 Å². The summed E-state index contributed by atoms with van der Waals surface area (Å²) < 4.78 is 6.29. The molecule has 5 nitrogen and oxygen atoms in total. The summed E-state index contributed by atoms with van der Waals surface area (Å²) in [5, 5.41) is 0. The molecule has 0 spiro atoms. The van der Waals surface area contributed by atoms with Crippen molar-refractivity contribution in [1.82, 2.24) is 9.97 Å². The first-order valence-corrected chi connectivity index (χ1v) is 11.2. The van der Waals surface area contributed by atoms with Gasteiger partial charge < -0.3 is 15.4 Å². The van der Waals surface area contributed by atoms with E-state index in [1.54, 1.807) is 6.20 Å². The SMILES string of the molecule is Nc1nccc(N2CCCC(CCCc3ccccc3)(COCc3ccccc3)C2)n1. The van der Waals surface area contributed by atoms with Crippen LogP contribution in [0.3, 0.4) is 0 Å². The highest BCUT2D eigenvalue weighted by atomic mass is 16.5. The average molecular weight is 417 g/mol. The number of aromatic nitrogens is 2.